The van der Waals surface area contributed by atoms with E-state index in [0.717, 1.165) is 5.69 Å². The van der Waals surface area contributed by atoms with Crippen LogP contribution in [0.3, 0.4) is 0 Å². The quantitative estimate of drug-likeness (QED) is 0.373. The second kappa shape index (κ2) is 8.98. The average Bonchev–Trinajstić information content (AvgIpc) is 3.56. The van der Waals surface area contributed by atoms with Crippen molar-refractivity contribution in [1.82, 2.24) is 34.8 Å². The van der Waals surface area contributed by atoms with Crippen molar-refractivity contribution >= 4 is 45.8 Å². The third-order valence-corrected chi connectivity index (χ3v) is 6.06. The number of thiazole rings is 1. The van der Waals surface area contributed by atoms with Crippen molar-refractivity contribution in [3.05, 3.63) is 46.4 Å². The number of nitrogens with zero attached hydrogens (tertiary/aromatic N) is 6. The van der Waals surface area contributed by atoms with Crippen molar-refractivity contribution in [2.24, 2.45) is 0 Å². The molecule has 1 aliphatic heterocycles. The summed E-state index contributed by atoms with van der Waals surface area (Å²) < 4.78 is 7.53. The number of fused-ring (bicyclic) bond motifs is 1. The van der Waals surface area contributed by atoms with Crippen molar-refractivity contribution in [1.29, 1.82) is 0 Å². The van der Waals surface area contributed by atoms with Gasteiger partial charge in [-0.2, -0.15) is 0 Å². The Morgan fingerprint density at radius 1 is 1.36 bits per heavy atom. The molecule has 170 valence electrons. The Bertz CT molecular complexity index is 1300. The highest BCUT2D eigenvalue weighted by Crippen LogP contribution is 2.33. The zero-order valence-electron chi connectivity index (χ0n) is 17.3. The number of pyridine rings is 1. The van der Waals surface area contributed by atoms with Gasteiger partial charge in [0, 0.05) is 36.8 Å². The highest BCUT2D eigenvalue weighted by atomic mass is 35.5. The van der Waals surface area contributed by atoms with Crippen molar-refractivity contribution in [2.75, 3.05) is 12.4 Å². The second-order valence-corrected chi connectivity index (χ2v) is 8.53. The fourth-order valence-corrected chi connectivity index (χ4v) is 4.35. The number of rotatable bonds is 6. The predicted molar refractivity (Wildman–Crippen MR) is 122 cm³/mol. The fourth-order valence-electron chi connectivity index (χ4n) is 3.62. The second-order valence-electron chi connectivity index (χ2n) is 7.37. The number of ether oxygens (including phenoxy) is 1. The molecule has 3 N–H and O–H groups in total. The maximum absolute atomic E-state index is 12.0. The van der Waals surface area contributed by atoms with E-state index in [-0.39, 0.29) is 12.3 Å². The first-order valence-electron chi connectivity index (χ1n) is 10.0. The van der Waals surface area contributed by atoms with E-state index in [1.165, 1.54) is 24.6 Å². The summed E-state index contributed by atoms with van der Waals surface area (Å²) in [5.41, 5.74) is 4.26. The number of likely N-dealkylation sites (N-methyl/N-ethyl adjacent to an activating group) is 1. The molecule has 0 aromatic carbocycles. The number of carbonyl (C=O) groups is 1. The third-order valence-electron chi connectivity index (χ3n) is 5.22. The molecular weight excluding hydrogens is 468 g/mol. The maximum Gasteiger partial charge on any atom is 0.251 e. The van der Waals surface area contributed by atoms with Gasteiger partial charge in [0.1, 0.15) is 6.23 Å². The predicted octanol–water partition coefficient (Wildman–Crippen LogP) is 2.00. The first-order chi connectivity index (χ1) is 16.0. The van der Waals surface area contributed by atoms with Gasteiger partial charge in [0.05, 0.1) is 35.2 Å². The zero-order valence-corrected chi connectivity index (χ0v) is 18.9. The molecule has 0 bridgehead atoms. The molecule has 4 aromatic rings. The average molecular weight is 487 g/mol. The van der Waals surface area contributed by atoms with Gasteiger partial charge in [0.15, 0.2) is 28.9 Å². The van der Waals surface area contributed by atoms with Crippen LogP contribution in [-0.4, -0.2) is 59.8 Å². The number of hydrogen-bond donors (Lipinski definition) is 3. The van der Waals surface area contributed by atoms with E-state index in [0.29, 0.717) is 39.9 Å². The largest absolute Gasteiger partial charge is 0.390 e. The Labute approximate surface area is 196 Å². The van der Waals surface area contributed by atoms with E-state index in [2.05, 4.69) is 35.6 Å². The lowest BCUT2D eigenvalue weighted by Gasteiger charge is -2.15. The van der Waals surface area contributed by atoms with E-state index >= 15 is 0 Å². The molecule has 0 spiro atoms. The summed E-state index contributed by atoms with van der Waals surface area (Å²) in [7, 11) is 1.50. The molecule has 1 amide bonds. The number of hydrogen-bond acceptors (Lipinski definition) is 10. The number of aliphatic hydroxyl groups is 1. The summed E-state index contributed by atoms with van der Waals surface area (Å²) in [6.45, 7) is 0.451. The van der Waals surface area contributed by atoms with Gasteiger partial charge >= 0.3 is 0 Å². The molecule has 0 aliphatic carbocycles. The number of amides is 1. The lowest BCUT2D eigenvalue weighted by atomic mass is 10.1. The Morgan fingerprint density at radius 3 is 3.00 bits per heavy atom. The lowest BCUT2D eigenvalue weighted by Crippen LogP contribution is -2.38. The molecule has 4 aromatic heterocycles. The molecule has 13 heteroatoms. The number of imidazole rings is 1. The van der Waals surface area contributed by atoms with Gasteiger partial charge in [0.2, 0.25) is 0 Å². The Morgan fingerprint density at radius 2 is 2.24 bits per heavy atom. The summed E-state index contributed by atoms with van der Waals surface area (Å²) in [6.07, 6.45) is 2.38. The molecule has 0 radical (unpaired) electrons. The van der Waals surface area contributed by atoms with E-state index in [1.807, 2.05) is 5.38 Å². The van der Waals surface area contributed by atoms with Crippen molar-refractivity contribution < 1.29 is 14.6 Å². The van der Waals surface area contributed by atoms with Crippen LogP contribution in [0.15, 0.2) is 35.7 Å². The minimum Gasteiger partial charge on any atom is -0.390 e. The van der Waals surface area contributed by atoms with Crippen molar-refractivity contribution in [3.63, 3.8) is 0 Å². The van der Waals surface area contributed by atoms with Gasteiger partial charge in [-0.3, -0.25) is 14.3 Å². The summed E-state index contributed by atoms with van der Waals surface area (Å²) >= 11 is 7.63. The first kappa shape index (κ1) is 21.6. The molecule has 0 unspecified atom stereocenters. The molecule has 1 saturated heterocycles. The number of aliphatic hydroxyl groups excluding tert-OH is 1. The summed E-state index contributed by atoms with van der Waals surface area (Å²) in [5.74, 6) is 0.505. The number of aromatic nitrogens is 6. The van der Waals surface area contributed by atoms with Crippen molar-refractivity contribution in [3.8, 4) is 11.4 Å². The van der Waals surface area contributed by atoms with Crippen molar-refractivity contribution in [2.45, 2.75) is 31.4 Å². The van der Waals surface area contributed by atoms with Gasteiger partial charge in [-0.25, -0.2) is 19.9 Å². The van der Waals surface area contributed by atoms with Crippen LogP contribution >= 0.6 is 22.9 Å². The number of halogens is 1. The van der Waals surface area contributed by atoms with Crippen LogP contribution in [0.1, 0.15) is 18.3 Å². The van der Waals surface area contributed by atoms with Crippen LogP contribution in [0, 0.1) is 0 Å². The van der Waals surface area contributed by atoms with Crippen LogP contribution in [0.2, 0.25) is 5.02 Å². The minimum absolute atomic E-state index is 0.211. The van der Waals surface area contributed by atoms with Gasteiger partial charge in [0.25, 0.3) is 5.91 Å². The van der Waals surface area contributed by atoms with Gasteiger partial charge in [-0.1, -0.05) is 11.6 Å². The van der Waals surface area contributed by atoms with E-state index in [1.54, 1.807) is 28.7 Å². The smallest absolute Gasteiger partial charge is 0.251 e. The SMILES string of the molecule is CNC(=O)[C@H]1O[C@@H](n2cnc3c(NCc4cscn4)nc(-c4cncc(Cl)c4)nc32)C[C@@H]1O. The molecule has 1 aliphatic rings. The van der Waals surface area contributed by atoms with E-state index < -0.39 is 18.4 Å². The summed E-state index contributed by atoms with van der Waals surface area (Å²) in [6, 6.07) is 1.72. The Balaban J connectivity index is 1.56. The summed E-state index contributed by atoms with van der Waals surface area (Å²) in [4.78, 5) is 34.3. The van der Waals surface area contributed by atoms with Gasteiger partial charge < -0.3 is 20.5 Å². The Hall–Kier alpha value is -3.19. The standard InChI is InChI=1S/C20H19ClN8O3S/c1-22-20(31)16-13(30)3-14(32-16)29-8-25-15-18(24-6-12-7-33-9-26-12)27-17(28-19(15)29)10-2-11(21)5-23-4-10/h2,4-5,7-9,13-14,16,30H,3,6H2,1H3,(H,22,31)(H,24,27,28)/t13-,14+,16-/m0/s1. The monoisotopic (exact) mass is 486 g/mol. The zero-order chi connectivity index (χ0) is 22.9. The first-order valence-corrected chi connectivity index (χ1v) is 11.4. The topological polar surface area (TPSA) is 140 Å². The third kappa shape index (κ3) is 4.25. The van der Waals surface area contributed by atoms with Crippen LogP contribution < -0.4 is 10.6 Å². The molecule has 0 saturated carbocycles. The normalized spacial score (nSPS) is 20.3. The van der Waals surface area contributed by atoms with Crippen LogP contribution in [-0.2, 0) is 16.1 Å². The highest BCUT2D eigenvalue weighted by molar-refractivity contribution is 7.07. The number of carbonyl (C=O) groups excluding carboxylic acids is 1. The molecule has 33 heavy (non-hydrogen) atoms. The molecule has 5 rings (SSSR count). The minimum atomic E-state index is -0.974. The summed E-state index contributed by atoms with van der Waals surface area (Å²) in [5, 5.41) is 18.5. The van der Waals surface area contributed by atoms with Crippen LogP contribution in [0.5, 0.6) is 0 Å². The van der Waals surface area contributed by atoms with Crippen LogP contribution in [0.25, 0.3) is 22.6 Å². The highest BCUT2D eigenvalue weighted by Gasteiger charge is 2.40. The van der Waals surface area contributed by atoms with Gasteiger partial charge in [-0.15, -0.1) is 11.3 Å². The number of nitrogens with one attached hydrogen (secondary N) is 2. The molecule has 1 fully saturated rings. The van der Waals surface area contributed by atoms with E-state index in [9.17, 15) is 9.90 Å². The van der Waals surface area contributed by atoms with E-state index in [4.69, 9.17) is 16.3 Å². The van der Waals surface area contributed by atoms with Gasteiger partial charge in [-0.05, 0) is 6.07 Å². The Kier molecular flexibility index (Phi) is 5.89. The molecule has 5 heterocycles. The molecular formula is C20H19ClN8O3S. The number of anilines is 1. The molecule has 3 atom stereocenters. The van der Waals surface area contributed by atoms with Crippen LogP contribution in [0.4, 0.5) is 5.82 Å². The fraction of sp³-hybridized carbons (Fsp3) is 0.300. The lowest BCUT2D eigenvalue weighted by molar-refractivity contribution is -0.137. The molecule has 11 nitrogen and oxygen atoms in total. The maximum atomic E-state index is 12.0.